The van der Waals surface area contributed by atoms with E-state index in [2.05, 4.69) is 5.32 Å². The SMILES string of the molecule is O=C(NCCN1CCc2cc(F)ccc21)C(CC1CCCCC1)N(S(=O)(=O)c1ccccc1)S(=O)(=O)c1cccs1. The van der Waals surface area contributed by atoms with E-state index in [1.54, 1.807) is 23.6 Å². The molecule has 1 atom stereocenters. The van der Waals surface area contributed by atoms with Gasteiger partial charge in [-0.1, -0.05) is 60.1 Å². The Bertz CT molecular complexity index is 1560. The van der Waals surface area contributed by atoms with Crippen molar-refractivity contribution >= 4 is 43.0 Å². The number of nitrogens with zero attached hydrogens (tertiary/aromatic N) is 2. The Kier molecular flexibility index (Phi) is 9.12. The lowest BCUT2D eigenvalue weighted by atomic mass is 9.85. The number of hydrogen-bond acceptors (Lipinski definition) is 7. The lowest BCUT2D eigenvalue weighted by molar-refractivity contribution is -0.124. The van der Waals surface area contributed by atoms with Crippen molar-refractivity contribution in [1.29, 1.82) is 0 Å². The van der Waals surface area contributed by atoms with Gasteiger partial charge in [0, 0.05) is 25.3 Å². The normalized spacial score (nSPS) is 17.0. The number of fused-ring (bicyclic) bond motifs is 1. The Balaban J connectivity index is 1.45. The number of hydrogen-bond donors (Lipinski definition) is 1. The predicted octanol–water partition coefficient (Wildman–Crippen LogP) is 4.78. The van der Waals surface area contributed by atoms with E-state index in [1.807, 2.05) is 4.90 Å². The van der Waals surface area contributed by atoms with Gasteiger partial charge in [0.1, 0.15) is 16.1 Å². The van der Waals surface area contributed by atoms with Crippen LogP contribution in [0, 0.1) is 11.7 Å². The number of rotatable bonds is 11. The molecule has 0 saturated heterocycles. The quantitative estimate of drug-likeness (QED) is 0.331. The standard InChI is InChI=1S/C29H34FN3O5S3/c30-24-13-14-26-23(21-24)15-17-32(26)18-16-31-29(34)27(20-22-8-3-1-4-9-22)33(41(37,38)28-12-7-19-39-28)40(35,36)25-10-5-2-6-11-25/h2,5-7,10-14,19,21-22,27H,1,3-4,8-9,15-18,20H2,(H,31,34). The largest absolute Gasteiger partial charge is 0.369 e. The summed E-state index contributed by atoms with van der Waals surface area (Å²) in [6, 6.07) is 13.5. The molecule has 2 heterocycles. The van der Waals surface area contributed by atoms with Gasteiger partial charge in [-0.05, 0) is 66.1 Å². The monoisotopic (exact) mass is 619 g/mol. The highest BCUT2D eigenvalue weighted by molar-refractivity contribution is 8.05. The van der Waals surface area contributed by atoms with Crippen molar-refractivity contribution in [3.63, 3.8) is 0 Å². The molecule has 41 heavy (non-hydrogen) atoms. The van der Waals surface area contributed by atoms with E-state index in [-0.39, 0.29) is 33.8 Å². The van der Waals surface area contributed by atoms with Crippen LogP contribution in [0.5, 0.6) is 0 Å². The minimum atomic E-state index is -4.62. The van der Waals surface area contributed by atoms with Crippen LogP contribution in [0.3, 0.4) is 0 Å². The minimum absolute atomic E-state index is 0.0202. The first-order chi connectivity index (χ1) is 19.7. The third kappa shape index (κ3) is 6.50. The zero-order chi connectivity index (χ0) is 29.0. The fraction of sp³-hybridized carbons (Fsp3) is 0.414. The first kappa shape index (κ1) is 29.7. The lowest BCUT2D eigenvalue weighted by Gasteiger charge is -2.32. The van der Waals surface area contributed by atoms with Crippen molar-refractivity contribution in [1.82, 2.24) is 9.03 Å². The molecule has 0 bridgehead atoms. The number of benzene rings is 2. The molecule has 1 aliphatic carbocycles. The highest BCUT2D eigenvalue weighted by Crippen LogP contribution is 2.35. The number of sulfonamides is 2. The maximum Gasteiger partial charge on any atom is 0.266 e. The van der Waals surface area contributed by atoms with Crippen LogP contribution in [0.4, 0.5) is 10.1 Å². The van der Waals surface area contributed by atoms with Crippen LogP contribution in [0.1, 0.15) is 44.1 Å². The molecule has 1 N–H and O–H groups in total. The zero-order valence-corrected chi connectivity index (χ0v) is 25.1. The average Bonchev–Trinajstić information content (AvgIpc) is 3.65. The molecule has 2 aromatic carbocycles. The number of carbonyl (C=O) groups is 1. The highest BCUT2D eigenvalue weighted by atomic mass is 32.3. The van der Waals surface area contributed by atoms with Crippen LogP contribution in [0.25, 0.3) is 0 Å². The summed E-state index contributed by atoms with van der Waals surface area (Å²) in [6.45, 7) is 1.26. The number of nitrogens with one attached hydrogen (secondary N) is 1. The van der Waals surface area contributed by atoms with Gasteiger partial charge < -0.3 is 10.2 Å². The van der Waals surface area contributed by atoms with Gasteiger partial charge in [-0.25, -0.2) is 21.2 Å². The third-order valence-electron chi connectivity index (χ3n) is 7.82. The second-order valence-electron chi connectivity index (χ2n) is 10.5. The van der Waals surface area contributed by atoms with Gasteiger partial charge >= 0.3 is 0 Å². The predicted molar refractivity (Wildman–Crippen MR) is 157 cm³/mol. The van der Waals surface area contributed by atoms with Crippen molar-refractivity contribution in [2.24, 2.45) is 5.92 Å². The first-order valence-corrected chi connectivity index (χ1v) is 17.6. The molecule has 0 spiro atoms. The Morgan fingerprint density at radius 1 is 1.00 bits per heavy atom. The van der Waals surface area contributed by atoms with Crippen LogP contribution < -0.4 is 10.2 Å². The molecule has 3 aromatic rings. The molecular weight excluding hydrogens is 586 g/mol. The molecule has 220 valence electrons. The fourth-order valence-electron chi connectivity index (χ4n) is 5.79. The van der Waals surface area contributed by atoms with Crippen LogP contribution in [-0.4, -0.2) is 52.1 Å². The van der Waals surface area contributed by atoms with Gasteiger partial charge in [0.2, 0.25) is 5.91 Å². The topological polar surface area (TPSA) is 104 Å². The van der Waals surface area contributed by atoms with Crippen molar-refractivity contribution < 1.29 is 26.0 Å². The molecule has 1 amide bonds. The summed E-state index contributed by atoms with van der Waals surface area (Å²) in [5.74, 6) is -0.920. The van der Waals surface area contributed by atoms with Crippen LogP contribution in [-0.2, 0) is 31.3 Å². The molecule has 8 nitrogen and oxygen atoms in total. The molecule has 12 heteroatoms. The molecule has 1 saturated carbocycles. The lowest BCUT2D eigenvalue weighted by Crippen LogP contribution is -2.53. The number of amides is 1. The Labute approximate surface area is 245 Å². The fourth-order valence-corrected chi connectivity index (χ4v) is 11.0. The molecule has 1 aliphatic heterocycles. The van der Waals surface area contributed by atoms with Gasteiger partial charge in [-0.2, -0.15) is 0 Å². The summed E-state index contributed by atoms with van der Waals surface area (Å²) in [6.07, 6.45) is 5.39. The van der Waals surface area contributed by atoms with Gasteiger partial charge in [0.05, 0.1) is 4.90 Å². The maximum atomic E-state index is 14.0. The number of carbonyl (C=O) groups excluding carboxylic acids is 1. The van der Waals surface area contributed by atoms with Crippen molar-refractivity contribution in [3.8, 4) is 0 Å². The molecule has 1 unspecified atom stereocenters. The van der Waals surface area contributed by atoms with Crippen LogP contribution in [0.15, 0.2) is 75.1 Å². The number of thiophene rings is 1. The van der Waals surface area contributed by atoms with Crippen molar-refractivity contribution in [2.75, 3.05) is 24.5 Å². The van der Waals surface area contributed by atoms with E-state index in [1.165, 1.54) is 42.5 Å². The highest BCUT2D eigenvalue weighted by Gasteiger charge is 2.46. The molecular formula is C29H34FN3O5S3. The van der Waals surface area contributed by atoms with Gasteiger partial charge in [-0.15, -0.1) is 11.3 Å². The number of halogens is 1. The van der Waals surface area contributed by atoms with Crippen LogP contribution >= 0.6 is 11.3 Å². The number of anilines is 1. The second kappa shape index (κ2) is 12.6. The van der Waals surface area contributed by atoms with E-state index in [0.29, 0.717) is 23.2 Å². The Morgan fingerprint density at radius 3 is 2.46 bits per heavy atom. The van der Waals surface area contributed by atoms with E-state index in [9.17, 15) is 26.0 Å². The minimum Gasteiger partial charge on any atom is -0.369 e. The van der Waals surface area contributed by atoms with Crippen molar-refractivity contribution in [2.45, 2.75) is 60.1 Å². The van der Waals surface area contributed by atoms with Crippen molar-refractivity contribution in [3.05, 3.63) is 77.4 Å². The average molecular weight is 620 g/mol. The van der Waals surface area contributed by atoms with Gasteiger partial charge in [0.25, 0.3) is 20.0 Å². The van der Waals surface area contributed by atoms with E-state index < -0.39 is 32.0 Å². The molecule has 5 rings (SSSR count). The Morgan fingerprint density at radius 2 is 1.76 bits per heavy atom. The van der Waals surface area contributed by atoms with E-state index >= 15 is 0 Å². The van der Waals surface area contributed by atoms with E-state index in [0.717, 1.165) is 54.7 Å². The molecule has 1 aromatic heterocycles. The molecule has 1 fully saturated rings. The summed E-state index contributed by atoms with van der Waals surface area (Å²) in [7, 11) is -9.21. The summed E-state index contributed by atoms with van der Waals surface area (Å²) in [5, 5.41) is 4.41. The van der Waals surface area contributed by atoms with Gasteiger partial charge in [0.15, 0.2) is 0 Å². The van der Waals surface area contributed by atoms with Gasteiger partial charge in [-0.3, -0.25) is 4.79 Å². The third-order valence-corrected chi connectivity index (χ3v) is 13.5. The smallest absolute Gasteiger partial charge is 0.266 e. The summed E-state index contributed by atoms with van der Waals surface area (Å²) >= 11 is 0.915. The molecule has 0 radical (unpaired) electrons. The van der Waals surface area contributed by atoms with Crippen LogP contribution in [0.2, 0.25) is 0 Å². The summed E-state index contributed by atoms with van der Waals surface area (Å²) in [5.41, 5.74) is 1.79. The zero-order valence-electron chi connectivity index (χ0n) is 22.6. The first-order valence-electron chi connectivity index (χ1n) is 13.9. The Hall–Kier alpha value is -2.80. The molecule has 2 aliphatic rings. The maximum absolute atomic E-state index is 14.0. The second-order valence-corrected chi connectivity index (χ2v) is 15.6. The summed E-state index contributed by atoms with van der Waals surface area (Å²) in [4.78, 5) is 15.7. The van der Waals surface area contributed by atoms with E-state index in [4.69, 9.17) is 0 Å². The summed E-state index contributed by atoms with van der Waals surface area (Å²) < 4.78 is 70.0.